The third kappa shape index (κ3) is 2.61. The molecule has 1 amide bonds. The molecular weight excluding hydrogens is 288 g/mol. The maximum atomic E-state index is 12.8. The van der Waals surface area contributed by atoms with E-state index in [0.717, 1.165) is 45.2 Å². The summed E-state index contributed by atoms with van der Waals surface area (Å²) in [4.78, 5) is 16.8. The van der Waals surface area contributed by atoms with Gasteiger partial charge >= 0.3 is 0 Å². The standard InChI is InChI=1S/C15H20N2OS2/c16-14(19)10-4-7-17(8-5-10)15(18)12-2-1-3-13-11(12)6-9-20-13/h6,9-10,12H,1-5,7-8H2,(H2,16,19). The highest BCUT2D eigenvalue weighted by molar-refractivity contribution is 7.80. The summed E-state index contributed by atoms with van der Waals surface area (Å²) in [5.74, 6) is 0.717. The Labute approximate surface area is 129 Å². The van der Waals surface area contributed by atoms with Crippen molar-refractivity contribution in [2.75, 3.05) is 13.1 Å². The molecule has 3 nitrogen and oxygen atoms in total. The number of fused-ring (bicyclic) bond motifs is 1. The number of rotatable bonds is 2. The first kappa shape index (κ1) is 14.0. The van der Waals surface area contributed by atoms with Crippen molar-refractivity contribution in [1.82, 2.24) is 4.90 Å². The van der Waals surface area contributed by atoms with Crippen molar-refractivity contribution in [2.24, 2.45) is 11.7 Å². The molecule has 1 aromatic rings. The zero-order valence-electron chi connectivity index (χ0n) is 11.5. The van der Waals surface area contributed by atoms with E-state index in [1.165, 1.54) is 10.4 Å². The molecule has 1 saturated heterocycles. The summed E-state index contributed by atoms with van der Waals surface area (Å²) in [6.07, 6.45) is 5.11. The van der Waals surface area contributed by atoms with E-state index in [-0.39, 0.29) is 5.92 Å². The van der Waals surface area contributed by atoms with E-state index >= 15 is 0 Å². The summed E-state index contributed by atoms with van der Waals surface area (Å²) in [6.45, 7) is 1.60. The Balaban J connectivity index is 1.68. The van der Waals surface area contributed by atoms with Gasteiger partial charge in [-0.15, -0.1) is 11.3 Å². The molecule has 5 heteroatoms. The number of thiophene rings is 1. The van der Waals surface area contributed by atoms with Gasteiger partial charge in [-0.3, -0.25) is 4.79 Å². The molecule has 3 rings (SSSR count). The van der Waals surface area contributed by atoms with Gasteiger partial charge in [0.05, 0.1) is 10.9 Å². The number of thiocarbonyl (C=S) groups is 1. The molecule has 2 N–H and O–H groups in total. The average molecular weight is 308 g/mol. The number of nitrogens with two attached hydrogens (primary N) is 1. The van der Waals surface area contributed by atoms with Crippen LogP contribution >= 0.6 is 23.6 Å². The first-order valence-electron chi connectivity index (χ1n) is 7.31. The number of piperidine rings is 1. The van der Waals surface area contributed by atoms with Crippen LogP contribution in [0.4, 0.5) is 0 Å². The third-order valence-electron chi connectivity index (χ3n) is 4.56. The van der Waals surface area contributed by atoms with Crippen molar-refractivity contribution in [2.45, 2.75) is 38.0 Å². The molecule has 2 aliphatic rings. The second-order valence-electron chi connectivity index (χ2n) is 5.75. The summed E-state index contributed by atoms with van der Waals surface area (Å²) in [5, 5.41) is 2.12. The highest BCUT2D eigenvalue weighted by Crippen LogP contribution is 2.36. The number of likely N-dealkylation sites (tertiary alicyclic amines) is 1. The molecule has 0 spiro atoms. The fourth-order valence-electron chi connectivity index (χ4n) is 3.35. The second kappa shape index (κ2) is 5.82. The van der Waals surface area contributed by atoms with Crippen molar-refractivity contribution in [1.29, 1.82) is 0 Å². The van der Waals surface area contributed by atoms with Gasteiger partial charge in [-0.2, -0.15) is 0 Å². The number of aryl methyl sites for hydroxylation is 1. The van der Waals surface area contributed by atoms with Crippen LogP contribution in [0.2, 0.25) is 0 Å². The number of hydrogen-bond acceptors (Lipinski definition) is 3. The Bertz CT molecular complexity index is 518. The molecule has 1 aromatic heterocycles. The predicted octanol–water partition coefficient (Wildman–Crippen LogP) is 2.69. The molecular formula is C15H20N2OS2. The smallest absolute Gasteiger partial charge is 0.230 e. The Hall–Kier alpha value is -0.940. The Kier molecular flexibility index (Phi) is 4.08. The monoisotopic (exact) mass is 308 g/mol. The van der Waals surface area contributed by atoms with Gasteiger partial charge in [-0.25, -0.2) is 0 Å². The summed E-state index contributed by atoms with van der Waals surface area (Å²) in [6, 6.07) is 2.14. The minimum atomic E-state index is 0.0892. The lowest BCUT2D eigenvalue weighted by Crippen LogP contribution is -2.43. The van der Waals surface area contributed by atoms with Crippen LogP contribution < -0.4 is 5.73 Å². The molecule has 1 aliphatic carbocycles. The minimum Gasteiger partial charge on any atom is -0.393 e. The SMILES string of the molecule is NC(=S)C1CCN(C(=O)C2CCCc3sccc32)CC1. The van der Waals surface area contributed by atoms with Crippen molar-refractivity contribution in [3.8, 4) is 0 Å². The van der Waals surface area contributed by atoms with Crippen LogP contribution in [-0.4, -0.2) is 28.9 Å². The fourth-order valence-corrected chi connectivity index (χ4v) is 4.57. The van der Waals surface area contributed by atoms with Gasteiger partial charge in [0.15, 0.2) is 0 Å². The Morgan fingerprint density at radius 1 is 1.35 bits per heavy atom. The normalized spacial score (nSPS) is 23.4. The molecule has 0 bridgehead atoms. The first-order valence-corrected chi connectivity index (χ1v) is 8.60. The van der Waals surface area contributed by atoms with Crippen molar-refractivity contribution < 1.29 is 4.79 Å². The van der Waals surface area contributed by atoms with Crippen LogP contribution in [0.25, 0.3) is 0 Å². The quantitative estimate of drug-likeness (QED) is 0.855. The number of amides is 1. The summed E-state index contributed by atoms with van der Waals surface area (Å²) < 4.78 is 0. The van der Waals surface area contributed by atoms with Crippen LogP contribution in [0, 0.1) is 5.92 Å². The van der Waals surface area contributed by atoms with Gasteiger partial charge in [0.1, 0.15) is 0 Å². The number of nitrogens with zero attached hydrogens (tertiary/aromatic N) is 1. The Morgan fingerprint density at radius 3 is 2.80 bits per heavy atom. The lowest BCUT2D eigenvalue weighted by molar-refractivity contribution is -0.134. The lowest BCUT2D eigenvalue weighted by Gasteiger charge is -2.35. The molecule has 2 heterocycles. The maximum Gasteiger partial charge on any atom is 0.230 e. The molecule has 1 aliphatic heterocycles. The Morgan fingerprint density at radius 2 is 2.10 bits per heavy atom. The molecule has 0 radical (unpaired) electrons. The second-order valence-corrected chi connectivity index (χ2v) is 7.22. The van der Waals surface area contributed by atoms with E-state index in [4.69, 9.17) is 18.0 Å². The highest BCUT2D eigenvalue weighted by atomic mass is 32.1. The van der Waals surface area contributed by atoms with Crippen molar-refractivity contribution >= 4 is 34.5 Å². The van der Waals surface area contributed by atoms with Gasteiger partial charge in [-0.1, -0.05) is 12.2 Å². The summed E-state index contributed by atoms with van der Waals surface area (Å²) >= 11 is 6.85. The van der Waals surface area contributed by atoms with Gasteiger partial charge in [-0.05, 0) is 49.1 Å². The fraction of sp³-hybridized carbons (Fsp3) is 0.600. The van der Waals surface area contributed by atoms with Crippen LogP contribution in [0.15, 0.2) is 11.4 Å². The predicted molar refractivity (Wildman–Crippen MR) is 86.1 cm³/mol. The molecule has 0 saturated carbocycles. The lowest BCUT2D eigenvalue weighted by atomic mass is 9.86. The largest absolute Gasteiger partial charge is 0.393 e. The van der Waals surface area contributed by atoms with Crippen LogP contribution in [0.5, 0.6) is 0 Å². The van der Waals surface area contributed by atoms with Crippen molar-refractivity contribution in [3.63, 3.8) is 0 Å². The van der Waals surface area contributed by atoms with E-state index in [2.05, 4.69) is 11.4 Å². The summed E-state index contributed by atoms with van der Waals surface area (Å²) in [5.41, 5.74) is 6.99. The van der Waals surface area contributed by atoms with Gasteiger partial charge in [0.2, 0.25) is 5.91 Å². The van der Waals surface area contributed by atoms with E-state index in [9.17, 15) is 4.79 Å². The molecule has 1 fully saturated rings. The molecule has 0 aromatic carbocycles. The first-order chi connectivity index (χ1) is 9.66. The van der Waals surface area contributed by atoms with Crippen LogP contribution in [0.3, 0.4) is 0 Å². The maximum absolute atomic E-state index is 12.8. The van der Waals surface area contributed by atoms with E-state index in [1.807, 2.05) is 4.90 Å². The van der Waals surface area contributed by atoms with Gasteiger partial charge in [0, 0.05) is 23.9 Å². The molecule has 1 unspecified atom stereocenters. The van der Waals surface area contributed by atoms with Gasteiger partial charge < -0.3 is 10.6 Å². The van der Waals surface area contributed by atoms with Crippen molar-refractivity contribution in [3.05, 3.63) is 21.9 Å². The average Bonchev–Trinajstić information content (AvgIpc) is 2.95. The molecule has 108 valence electrons. The van der Waals surface area contributed by atoms with E-state index in [1.54, 1.807) is 11.3 Å². The minimum absolute atomic E-state index is 0.0892. The van der Waals surface area contributed by atoms with Crippen LogP contribution in [0.1, 0.15) is 42.0 Å². The zero-order valence-corrected chi connectivity index (χ0v) is 13.1. The van der Waals surface area contributed by atoms with E-state index < -0.39 is 0 Å². The topological polar surface area (TPSA) is 46.3 Å². The third-order valence-corrected chi connectivity index (χ3v) is 5.89. The van der Waals surface area contributed by atoms with Gasteiger partial charge in [0.25, 0.3) is 0 Å². The van der Waals surface area contributed by atoms with Crippen LogP contribution in [-0.2, 0) is 11.2 Å². The summed E-state index contributed by atoms with van der Waals surface area (Å²) in [7, 11) is 0. The number of carbonyl (C=O) groups excluding carboxylic acids is 1. The van der Waals surface area contributed by atoms with E-state index in [0.29, 0.717) is 16.8 Å². The number of hydrogen-bond donors (Lipinski definition) is 1. The highest BCUT2D eigenvalue weighted by Gasteiger charge is 2.32. The molecule has 20 heavy (non-hydrogen) atoms. The molecule has 1 atom stereocenters. The number of carbonyl (C=O) groups is 1. The zero-order chi connectivity index (χ0) is 14.1.